The van der Waals surface area contributed by atoms with Gasteiger partial charge in [-0.1, -0.05) is 17.9 Å². The summed E-state index contributed by atoms with van der Waals surface area (Å²) in [6.07, 6.45) is 0. The lowest BCUT2D eigenvalue weighted by atomic mass is 9.94. The molecule has 9 nitrogen and oxygen atoms in total. The number of aromatic amines is 1. The zero-order valence-corrected chi connectivity index (χ0v) is 20.4. The number of ketones is 1. The van der Waals surface area contributed by atoms with Crippen LogP contribution in [0.3, 0.4) is 0 Å². The van der Waals surface area contributed by atoms with Crippen molar-refractivity contribution in [3.63, 3.8) is 0 Å². The Bertz CT molecular complexity index is 1150. The highest BCUT2D eigenvalue weighted by Gasteiger charge is 2.44. The fourth-order valence-electron chi connectivity index (χ4n) is 4.24. The molecular formula is C25H31N3O6. The van der Waals surface area contributed by atoms with Crippen LogP contribution in [0, 0.1) is 13.8 Å². The van der Waals surface area contributed by atoms with E-state index in [4.69, 9.17) is 9.47 Å². The molecule has 1 aromatic carbocycles. The molecule has 0 spiro atoms. The number of benzene rings is 1. The Labute approximate surface area is 199 Å². The second kappa shape index (κ2) is 10.1. The van der Waals surface area contributed by atoms with Crippen molar-refractivity contribution in [2.45, 2.75) is 26.8 Å². The number of rotatable bonds is 8. The molecule has 1 unspecified atom stereocenters. The van der Waals surface area contributed by atoms with Crippen LogP contribution in [0.4, 0.5) is 0 Å². The molecule has 1 atom stereocenters. The molecule has 0 bridgehead atoms. The smallest absolute Gasteiger partial charge is 0.355 e. The Morgan fingerprint density at radius 2 is 1.94 bits per heavy atom. The van der Waals surface area contributed by atoms with Crippen molar-refractivity contribution < 1.29 is 33.9 Å². The third-order valence-corrected chi connectivity index (χ3v) is 5.94. The van der Waals surface area contributed by atoms with Crippen LogP contribution < -0.4 is 14.7 Å². The Hall–Kier alpha value is -3.59. The minimum Gasteiger partial charge on any atom is -0.872 e. The highest BCUT2D eigenvalue weighted by Crippen LogP contribution is 2.40. The Kier molecular flexibility index (Phi) is 7.46. The third kappa shape index (κ3) is 4.56. The molecule has 1 aliphatic rings. The first-order valence-electron chi connectivity index (χ1n) is 11.2. The van der Waals surface area contributed by atoms with E-state index in [-0.39, 0.29) is 23.4 Å². The van der Waals surface area contributed by atoms with Crippen LogP contribution in [-0.4, -0.2) is 68.4 Å². The average Bonchev–Trinajstić information content (AvgIpc) is 3.24. The molecule has 1 amide bonds. The molecule has 0 radical (unpaired) electrons. The number of H-pyrrole nitrogens is 1. The molecule has 9 heteroatoms. The second-order valence-electron chi connectivity index (χ2n) is 8.55. The van der Waals surface area contributed by atoms with Crippen LogP contribution in [-0.2, 0) is 14.3 Å². The quantitative estimate of drug-likeness (QED) is 0.247. The van der Waals surface area contributed by atoms with Gasteiger partial charge in [-0.3, -0.25) is 9.59 Å². The van der Waals surface area contributed by atoms with Crippen molar-refractivity contribution in [1.82, 2.24) is 9.88 Å². The van der Waals surface area contributed by atoms with E-state index in [0.29, 0.717) is 35.7 Å². The summed E-state index contributed by atoms with van der Waals surface area (Å²) in [5.74, 6) is -2.15. The fraction of sp³-hybridized carbons (Fsp3) is 0.400. The number of methoxy groups -OCH3 is 1. The SMILES string of the molecule is CCOC(=O)c1[nH]c(C)c(C([O-])=C2C(=O)C(=O)N(CC[NH+](C)C)C2c2cccc(OC)c2)c1C. The molecule has 1 saturated heterocycles. The normalized spacial score (nSPS) is 17.5. The number of likely N-dealkylation sites (N-methyl/N-ethyl adjacent to an activating group) is 1. The van der Waals surface area contributed by atoms with Crippen molar-refractivity contribution in [1.29, 1.82) is 0 Å². The number of quaternary nitrogens is 1. The van der Waals surface area contributed by atoms with Crippen molar-refractivity contribution >= 4 is 23.4 Å². The van der Waals surface area contributed by atoms with Crippen LogP contribution in [0.15, 0.2) is 29.8 Å². The minimum absolute atomic E-state index is 0.132. The molecule has 1 aromatic heterocycles. The van der Waals surface area contributed by atoms with Gasteiger partial charge in [0.1, 0.15) is 11.4 Å². The molecular weight excluding hydrogens is 438 g/mol. The lowest BCUT2D eigenvalue weighted by Crippen LogP contribution is -3.06. The van der Waals surface area contributed by atoms with Crippen molar-refractivity contribution in [3.8, 4) is 5.75 Å². The molecule has 2 heterocycles. The van der Waals surface area contributed by atoms with E-state index in [2.05, 4.69) is 4.98 Å². The van der Waals surface area contributed by atoms with E-state index in [1.165, 1.54) is 12.0 Å². The predicted molar refractivity (Wildman–Crippen MR) is 123 cm³/mol. The Morgan fingerprint density at radius 3 is 2.56 bits per heavy atom. The topological polar surface area (TPSA) is 116 Å². The van der Waals surface area contributed by atoms with Gasteiger partial charge in [0, 0.05) is 11.3 Å². The summed E-state index contributed by atoms with van der Waals surface area (Å²) in [5.41, 5.74) is 1.64. The molecule has 2 N–H and O–H groups in total. The maximum atomic E-state index is 13.8. The van der Waals surface area contributed by atoms with Gasteiger partial charge in [0.05, 0.1) is 46.9 Å². The van der Waals surface area contributed by atoms with Crippen molar-refractivity contribution in [2.24, 2.45) is 0 Å². The van der Waals surface area contributed by atoms with Gasteiger partial charge in [-0.2, -0.15) is 0 Å². The number of hydrogen-bond acceptors (Lipinski definition) is 6. The number of hydrogen-bond donors (Lipinski definition) is 2. The van der Waals surface area contributed by atoms with E-state index in [9.17, 15) is 19.5 Å². The van der Waals surface area contributed by atoms with Gasteiger partial charge in [0.15, 0.2) is 0 Å². The number of nitrogens with zero attached hydrogens (tertiary/aromatic N) is 1. The highest BCUT2D eigenvalue weighted by molar-refractivity contribution is 6.46. The van der Waals surface area contributed by atoms with E-state index in [1.807, 2.05) is 14.1 Å². The second-order valence-corrected chi connectivity index (χ2v) is 8.55. The van der Waals surface area contributed by atoms with Crippen LogP contribution in [0.1, 0.15) is 45.8 Å². The summed E-state index contributed by atoms with van der Waals surface area (Å²) >= 11 is 0. The van der Waals surface area contributed by atoms with Gasteiger partial charge in [0.2, 0.25) is 5.78 Å². The average molecular weight is 470 g/mol. The van der Waals surface area contributed by atoms with E-state index < -0.39 is 29.5 Å². The van der Waals surface area contributed by atoms with Crippen LogP contribution in [0.2, 0.25) is 0 Å². The monoisotopic (exact) mass is 469 g/mol. The zero-order valence-electron chi connectivity index (χ0n) is 20.4. The fourth-order valence-corrected chi connectivity index (χ4v) is 4.24. The van der Waals surface area contributed by atoms with E-state index >= 15 is 0 Å². The van der Waals surface area contributed by atoms with E-state index in [0.717, 1.165) is 4.90 Å². The number of esters is 1. The number of nitrogens with one attached hydrogen (secondary N) is 2. The third-order valence-electron chi connectivity index (χ3n) is 5.94. The van der Waals surface area contributed by atoms with Gasteiger partial charge >= 0.3 is 5.97 Å². The first-order chi connectivity index (χ1) is 16.1. The van der Waals surface area contributed by atoms with Gasteiger partial charge < -0.3 is 29.4 Å². The molecule has 2 aromatic rings. The summed E-state index contributed by atoms with van der Waals surface area (Å²) in [4.78, 5) is 44.0. The maximum Gasteiger partial charge on any atom is 0.355 e. The van der Waals surface area contributed by atoms with Gasteiger partial charge in [0.25, 0.3) is 5.91 Å². The first-order valence-corrected chi connectivity index (χ1v) is 11.2. The molecule has 0 saturated carbocycles. The van der Waals surface area contributed by atoms with Gasteiger partial charge in [-0.25, -0.2) is 4.79 Å². The number of carbonyl (C=O) groups excluding carboxylic acids is 3. The van der Waals surface area contributed by atoms with Gasteiger partial charge in [-0.15, -0.1) is 0 Å². The number of amides is 1. The summed E-state index contributed by atoms with van der Waals surface area (Å²) < 4.78 is 10.4. The number of aromatic nitrogens is 1. The summed E-state index contributed by atoms with van der Waals surface area (Å²) in [5, 5.41) is 13.8. The maximum absolute atomic E-state index is 13.8. The van der Waals surface area contributed by atoms with Crippen molar-refractivity contribution in [2.75, 3.05) is 40.9 Å². The van der Waals surface area contributed by atoms with Crippen LogP contribution >= 0.6 is 0 Å². The predicted octanol–water partition coefficient (Wildman–Crippen LogP) is 0.185. The van der Waals surface area contributed by atoms with Gasteiger partial charge in [-0.05, 0) is 49.6 Å². The van der Waals surface area contributed by atoms with Crippen LogP contribution in [0.5, 0.6) is 5.75 Å². The molecule has 0 aliphatic carbocycles. The largest absolute Gasteiger partial charge is 0.872 e. The first kappa shape index (κ1) is 25.0. The van der Waals surface area contributed by atoms with E-state index in [1.54, 1.807) is 45.0 Å². The highest BCUT2D eigenvalue weighted by atomic mass is 16.5. The molecule has 1 fully saturated rings. The molecule has 1 aliphatic heterocycles. The zero-order chi connectivity index (χ0) is 25.2. The summed E-state index contributed by atoms with van der Waals surface area (Å²) in [7, 11) is 5.42. The lowest BCUT2D eigenvalue weighted by molar-refractivity contribution is -0.857. The number of Topliss-reactive ketones (excluding diaryl/α,β-unsaturated/α-hetero) is 1. The van der Waals surface area contributed by atoms with Crippen LogP contribution in [0.25, 0.3) is 5.76 Å². The number of aryl methyl sites for hydroxylation is 1. The Morgan fingerprint density at radius 1 is 1.24 bits per heavy atom. The standard InChI is InChI=1S/C25H31N3O6/c1-7-34-25(32)20-14(2)18(15(3)26-20)22(29)19-21(16-9-8-10-17(13-16)33-6)28(12-11-27(4)5)24(31)23(19)30/h8-10,13,21,26,29H,7,11-12H2,1-6H3. The minimum atomic E-state index is -0.860. The Balaban J connectivity index is 2.21. The molecule has 34 heavy (non-hydrogen) atoms. The molecule has 3 rings (SSSR count). The van der Waals surface area contributed by atoms with Crippen molar-refractivity contribution in [3.05, 3.63) is 57.9 Å². The number of carbonyl (C=O) groups is 3. The molecule has 182 valence electrons. The lowest BCUT2D eigenvalue weighted by Gasteiger charge is -2.28. The summed E-state index contributed by atoms with van der Waals surface area (Å²) in [6.45, 7) is 6.04. The number of likely N-dealkylation sites (tertiary alicyclic amines) is 1. The summed E-state index contributed by atoms with van der Waals surface area (Å²) in [6, 6.07) is 6.14. The number of ether oxygens (including phenoxy) is 2.